The predicted molar refractivity (Wildman–Crippen MR) is 113 cm³/mol. The van der Waals surface area contributed by atoms with E-state index in [1.807, 2.05) is 11.6 Å². The van der Waals surface area contributed by atoms with E-state index in [9.17, 15) is 22.8 Å². The van der Waals surface area contributed by atoms with Crippen molar-refractivity contribution in [1.82, 2.24) is 15.0 Å². The van der Waals surface area contributed by atoms with E-state index in [1.165, 1.54) is 31.2 Å². The molecule has 0 fully saturated rings. The minimum Gasteiger partial charge on any atom is -0.458 e. The average Bonchev–Trinajstić information content (AvgIpc) is 2.73. The lowest BCUT2D eigenvalue weighted by molar-refractivity contribution is -0.118. The molecule has 0 radical (unpaired) electrons. The summed E-state index contributed by atoms with van der Waals surface area (Å²) in [6.07, 6.45) is 2.05. The Morgan fingerprint density at radius 1 is 1.10 bits per heavy atom. The molecule has 2 aromatic rings. The summed E-state index contributed by atoms with van der Waals surface area (Å²) in [6, 6.07) is 8.59. The first-order valence-electron chi connectivity index (χ1n) is 9.70. The zero-order valence-corrected chi connectivity index (χ0v) is 18.4. The molecule has 166 valence electrons. The van der Waals surface area contributed by atoms with Crippen LogP contribution in [0, 0.1) is 0 Å². The van der Waals surface area contributed by atoms with Crippen molar-refractivity contribution in [3.05, 3.63) is 59.4 Å². The fraction of sp³-hybridized carbons (Fsp3) is 0.333. The number of rotatable bonds is 9. The first-order chi connectivity index (χ1) is 14.6. The summed E-state index contributed by atoms with van der Waals surface area (Å²) < 4.78 is 32.1. The lowest BCUT2D eigenvalue weighted by atomic mass is 10.1. The van der Waals surface area contributed by atoms with Crippen molar-refractivity contribution in [1.29, 1.82) is 0 Å². The molecule has 0 aliphatic rings. The molecule has 0 unspecified atom stereocenters. The topological polar surface area (TPSA) is 132 Å². The molecule has 2 N–H and O–H groups in total. The number of esters is 1. The van der Waals surface area contributed by atoms with Crippen LogP contribution in [0.15, 0.2) is 47.5 Å². The fourth-order valence-electron chi connectivity index (χ4n) is 2.43. The number of carbonyl (C=O) groups is 3. The summed E-state index contributed by atoms with van der Waals surface area (Å²) in [5.74, 6) is -1.63. The highest BCUT2D eigenvalue weighted by molar-refractivity contribution is 7.90. The highest BCUT2D eigenvalue weighted by Gasteiger charge is 2.20. The maximum Gasteiger partial charge on any atom is 0.357 e. The maximum absolute atomic E-state index is 12.5. The van der Waals surface area contributed by atoms with E-state index in [1.54, 1.807) is 19.1 Å². The normalized spacial score (nSPS) is 12.0. The van der Waals surface area contributed by atoms with Gasteiger partial charge in [0.05, 0.1) is 16.6 Å². The van der Waals surface area contributed by atoms with Crippen molar-refractivity contribution in [3.63, 3.8) is 0 Å². The second kappa shape index (κ2) is 10.7. The largest absolute Gasteiger partial charge is 0.458 e. The van der Waals surface area contributed by atoms with Gasteiger partial charge in [0, 0.05) is 19.7 Å². The number of amides is 2. The summed E-state index contributed by atoms with van der Waals surface area (Å²) in [6.45, 7) is 5.48. The Hall–Kier alpha value is -3.27. The van der Waals surface area contributed by atoms with Crippen LogP contribution in [0.1, 0.15) is 53.6 Å². The molecule has 0 bridgehead atoms. The van der Waals surface area contributed by atoms with Crippen LogP contribution < -0.4 is 10.0 Å². The molecular formula is C21H25N3O6S. The molecule has 0 saturated carbocycles. The standard InChI is InChI=1S/C21H25N3O6S/c1-4-14(2)30-21(27)19-10-7-17(13-23-19)20(26)24-31(28,29)18-8-5-16(6-9-18)11-12-22-15(3)25/h5-10,13-14H,4,11-12H2,1-3H3,(H,22,25)(H,24,26)/t14-/m1/s1. The van der Waals surface area contributed by atoms with Gasteiger partial charge in [0.2, 0.25) is 5.91 Å². The summed E-state index contributed by atoms with van der Waals surface area (Å²) in [4.78, 5) is 39.0. The van der Waals surface area contributed by atoms with Gasteiger partial charge in [0.15, 0.2) is 0 Å². The van der Waals surface area contributed by atoms with E-state index in [0.717, 1.165) is 11.8 Å². The smallest absolute Gasteiger partial charge is 0.357 e. The summed E-state index contributed by atoms with van der Waals surface area (Å²) in [5.41, 5.74) is 0.841. The number of pyridine rings is 1. The molecule has 0 spiro atoms. The molecule has 31 heavy (non-hydrogen) atoms. The Kier molecular flexibility index (Phi) is 8.26. The quantitative estimate of drug-likeness (QED) is 0.561. The zero-order valence-electron chi connectivity index (χ0n) is 17.5. The van der Waals surface area contributed by atoms with Crippen LogP contribution in [-0.4, -0.2) is 43.8 Å². The number of benzene rings is 1. The summed E-state index contributed by atoms with van der Waals surface area (Å²) in [5, 5.41) is 2.66. The molecule has 0 aliphatic carbocycles. The summed E-state index contributed by atoms with van der Waals surface area (Å²) >= 11 is 0. The van der Waals surface area contributed by atoms with Crippen molar-refractivity contribution in [3.8, 4) is 0 Å². The van der Waals surface area contributed by atoms with Crippen LogP contribution >= 0.6 is 0 Å². The van der Waals surface area contributed by atoms with Gasteiger partial charge < -0.3 is 10.1 Å². The fourth-order valence-corrected chi connectivity index (χ4v) is 3.41. The van der Waals surface area contributed by atoms with Gasteiger partial charge in [0.1, 0.15) is 5.69 Å². The van der Waals surface area contributed by atoms with Gasteiger partial charge in [-0.3, -0.25) is 9.59 Å². The third-order valence-electron chi connectivity index (χ3n) is 4.37. The molecular weight excluding hydrogens is 422 g/mol. The van der Waals surface area contributed by atoms with Crippen LogP contribution in [0.3, 0.4) is 0 Å². The number of hydrogen-bond donors (Lipinski definition) is 2. The molecule has 1 atom stereocenters. The highest BCUT2D eigenvalue weighted by Crippen LogP contribution is 2.12. The minimum absolute atomic E-state index is 0.0180. The van der Waals surface area contributed by atoms with Crippen LogP contribution in [0.25, 0.3) is 0 Å². The van der Waals surface area contributed by atoms with Crippen LogP contribution in [-0.2, 0) is 26.0 Å². The number of ether oxygens (including phenoxy) is 1. The van der Waals surface area contributed by atoms with E-state index >= 15 is 0 Å². The van der Waals surface area contributed by atoms with Crippen molar-refractivity contribution in [2.24, 2.45) is 0 Å². The number of aromatic nitrogens is 1. The van der Waals surface area contributed by atoms with E-state index in [-0.39, 0.29) is 28.2 Å². The molecule has 2 rings (SSSR count). The van der Waals surface area contributed by atoms with E-state index in [0.29, 0.717) is 19.4 Å². The van der Waals surface area contributed by atoms with Gasteiger partial charge in [-0.25, -0.2) is 22.9 Å². The third kappa shape index (κ3) is 7.18. The molecule has 0 aliphatic heterocycles. The van der Waals surface area contributed by atoms with Gasteiger partial charge in [-0.2, -0.15) is 0 Å². The number of nitrogens with zero attached hydrogens (tertiary/aromatic N) is 1. The second-order valence-corrected chi connectivity index (χ2v) is 8.55. The first-order valence-corrected chi connectivity index (χ1v) is 11.2. The van der Waals surface area contributed by atoms with Gasteiger partial charge in [-0.15, -0.1) is 0 Å². The van der Waals surface area contributed by atoms with E-state index in [2.05, 4.69) is 10.3 Å². The van der Waals surface area contributed by atoms with Crippen molar-refractivity contribution >= 4 is 27.8 Å². The highest BCUT2D eigenvalue weighted by atomic mass is 32.2. The Morgan fingerprint density at radius 3 is 2.32 bits per heavy atom. The van der Waals surface area contributed by atoms with Crippen LogP contribution in [0.4, 0.5) is 0 Å². The number of hydrogen-bond acceptors (Lipinski definition) is 7. The first kappa shape index (κ1) is 24.0. The Morgan fingerprint density at radius 2 is 1.77 bits per heavy atom. The maximum atomic E-state index is 12.5. The molecule has 2 amide bonds. The minimum atomic E-state index is -4.09. The number of sulfonamides is 1. The molecule has 9 nitrogen and oxygen atoms in total. The Bertz CT molecular complexity index is 1030. The van der Waals surface area contributed by atoms with Crippen LogP contribution in [0.2, 0.25) is 0 Å². The van der Waals surface area contributed by atoms with Gasteiger partial charge >= 0.3 is 5.97 Å². The summed E-state index contributed by atoms with van der Waals surface area (Å²) in [7, 11) is -4.09. The predicted octanol–water partition coefficient (Wildman–Crippen LogP) is 1.83. The Balaban J connectivity index is 2.02. The Labute approximate surface area is 181 Å². The van der Waals surface area contributed by atoms with Gasteiger partial charge in [0.25, 0.3) is 15.9 Å². The van der Waals surface area contributed by atoms with Gasteiger partial charge in [-0.1, -0.05) is 19.1 Å². The third-order valence-corrected chi connectivity index (χ3v) is 5.71. The van der Waals surface area contributed by atoms with Crippen LogP contribution in [0.5, 0.6) is 0 Å². The molecule has 1 aromatic carbocycles. The van der Waals surface area contributed by atoms with E-state index < -0.39 is 21.9 Å². The molecule has 1 heterocycles. The second-order valence-electron chi connectivity index (χ2n) is 6.87. The van der Waals surface area contributed by atoms with Crippen molar-refractivity contribution in [2.75, 3.05) is 6.54 Å². The molecule has 0 saturated heterocycles. The van der Waals surface area contributed by atoms with Crippen molar-refractivity contribution < 1.29 is 27.5 Å². The monoisotopic (exact) mass is 447 g/mol. The number of nitrogens with one attached hydrogen (secondary N) is 2. The molecule has 1 aromatic heterocycles. The number of carbonyl (C=O) groups excluding carboxylic acids is 3. The average molecular weight is 448 g/mol. The lowest BCUT2D eigenvalue weighted by Gasteiger charge is -2.10. The molecule has 10 heteroatoms. The van der Waals surface area contributed by atoms with Crippen molar-refractivity contribution in [2.45, 2.75) is 44.6 Å². The SMILES string of the molecule is CC[C@@H](C)OC(=O)c1ccc(C(=O)NS(=O)(=O)c2ccc(CCNC(C)=O)cc2)cn1. The van der Waals surface area contributed by atoms with E-state index in [4.69, 9.17) is 4.74 Å². The van der Waals surface area contributed by atoms with Gasteiger partial charge in [-0.05, 0) is 49.6 Å². The lowest BCUT2D eigenvalue weighted by Crippen LogP contribution is -2.30. The zero-order chi connectivity index (χ0) is 23.0.